The molecule has 7 heteroatoms. The largest absolute Gasteiger partial charge is 0.497 e. The van der Waals surface area contributed by atoms with Gasteiger partial charge in [-0.15, -0.1) is 0 Å². The van der Waals surface area contributed by atoms with Gasteiger partial charge in [-0.2, -0.15) is 4.58 Å². The molecule has 0 heterocycles. The molecule has 0 aliphatic heterocycles. The third kappa shape index (κ3) is 7.56. The number of rotatable bonds is 13. The van der Waals surface area contributed by atoms with Gasteiger partial charge < -0.3 is 24.2 Å². The Kier molecular flexibility index (Phi) is 10.3. The summed E-state index contributed by atoms with van der Waals surface area (Å²) in [5.41, 5.74) is 1.90. The molecule has 0 saturated heterocycles. The normalized spacial score (nSPS) is 11.4. The van der Waals surface area contributed by atoms with E-state index in [2.05, 4.69) is 13.6 Å². The molecule has 0 atom stereocenters. The average Bonchev–Trinajstić information content (AvgIpc) is 2.83. The lowest BCUT2D eigenvalue weighted by Gasteiger charge is -2.23. The van der Waals surface area contributed by atoms with Gasteiger partial charge in [-0.3, -0.25) is 4.79 Å². The second-order valence-electron chi connectivity index (χ2n) is 7.56. The quantitative estimate of drug-likeness (QED) is 0.208. The van der Waals surface area contributed by atoms with Crippen molar-refractivity contribution in [2.75, 3.05) is 27.4 Å². The van der Waals surface area contributed by atoms with Crippen molar-refractivity contribution in [2.24, 2.45) is 0 Å². The molecule has 0 fully saturated rings. The maximum Gasteiger partial charge on any atom is 0.358 e. The van der Waals surface area contributed by atoms with Crippen LogP contribution in [0.15, 0.2) is 60.2 Å². The minimum absolute atomic E-state index is 0.0484. The Morgan fingerprint density at radius 2 is 1.42 bits per heavy atom. The summed E-state index contributed by atoms with van der Waals surface area (Å²) >= 11 is 0. The summed E-state index contributed by atoms with van der Waals surface area (Å²) in [4.78, 5) is 15.4. The Morgan fingerprint density at radius 1 is 0.939 bits per heavy atom. The van der Waals surface area contributed by atoms with E-state index in [4.69, 9.17) is 14.2 Å². The number of carbonyl (C=O) groups excluding carboxylic acids is 1. The number of benzene rings is 2. The van der Waals surface area contributed by atoms with Gasteiger partial charge in [0.2, 0.25) is 0 Å². The van der Waals surface area contributed by atoms with Gasteiger partial charge in [0, 0.05) is 19.5 Å². The Bertz CT molecular complexity index is 887. The molecule has 33 heavy (non-hydrogen) atoms. The molecule has 2 aromatic carbocycles. The maximum atomic E-state index is 13.7. The third-order valence-electron chi connectivity index (χ3n) is 5.14. The number of aliphatic hydroxyl groups is 1. The molecule has 2 aromatic rings. The molecule has 0 unspecified atom stereocenters. The molecular formula is C26H35N2O5+. The summed E-state index contributed by atoms with van der Waals surface area (Å²) in [5.74, 6) is 0.705. The fourth-order valence-electron chi connectivity index (χ4n) is 3.28. The van der Waals surface area contributed by atoms with Gasteiger partial charge in [0.1, 0.15) is 24.8 Å². The third-order valence-corrected chi connectivity index (χ3v) is 5.14. The zero-order valence-electron chi connectivity index (χ0n) is 20.0. The fraction of sp³-hybridized carbons (Fsp3) is 0.385. The van der Waals surface area contributed by atoms with Crippen LogP contribution in [0.1, 0.15) is 37.8 Å². The minimum Gasteiger partial charge on any atom is -0.497 e. The monoisotopic (exact) mass is 455 g/mol. The standard InChI is InChI=1S/C26H34N2O5/c1-6-8-17-27(3)24(26(30)33-7-2)25(29)28(18-20-9-13-22(31-4)14-10-20)19-21-11-15-23(32-5)16-12-21/h9-16H,3,6-8,17-19H2,1-2,4-5H3/p+1. The molecule has 0 spiro atoms. The van der Waals surface area contributed by atoms with Crippen LogP contribution in [0, 0.1) is 0 Å². The van der Waals surface area contributed by atoms with Crippen LogP contribution >= 0.6 is 0 Å². The van der Waals surface area contributed by atoms with Crippen LogP contribution in [0.2, 0.25) is 0 Å². The first kappa shape index (κ1) is 25.8. The molecule has 0 aliphatic rings. The van der Waals surface area contributed by atoms with Gasteiger partial charge in [0.05, 0.1) is 20.8 Å². The maximum absolute atomic E-state index is 13.7. The smallest absolute Gasteiger partial charge is 0.358 e. The van der Waals surface area contributed by atoms with Gasteiger partial charge in [-0.1, -0.05) is 37.6 Å². The molecule has 0 bridgehead atoms. The van der Waals surface area contributed by atoms with E-state index in [0.717, 1.165) is 35.5 Å². The van der Waals surface area contributed by atoms with Gasteiger partial charge in [0.25, 0.3) is 0 Å². The van der Waals surface area contributed by atoms with E-state index in [1.54, 1.807) is 26.0 Å². The molecule has 178 valence electrons. The molecule has 7 nitrogen and oxygen atoms in total. The van der Waals surface area contributed by atoms with E-state index in [0.29, 0.717) is 19.6 Å². The van der Waals surface area contributed by atoms with E-state index in [1.165, 1.54) is 4.58 Å². The van der Waals surface area contributed by atoms with E-state index in [-0.39, 0.29) is 18.2 Å². The first-order chi connectivity index (χ1) is 15.9. The second kappa shape index (κ2) is 13.2. The van der Waals surface area contributed by atoms with Crippen molar-refractivity contribution in [3.8, 4) is 11.5 Å². The Morgan fingerprint density at radius 3 is 1.82 bits per heavy atom. The van der Waals surface area contributed by atoms with Gasteiger partial charge in [0.15, 0.2) is 0 Å². The number of methoxy groups -OCH3 is 2. The van der Waals surface area contributed by atoms with Gasteiger partial charge in [-0.05, 0) is 42.3 Å². The highest BCUT2D eigenvalue weighted by Gasteiger charge is 2.32. The van der Waals surface area contributed by atoms with Crippen LogP contribution in [0.3, 0.4) is 0 Å². The van der Waals surface area contributed by atoms with E-state index in [9.17, 15) is 9.90 Å². The van der Waals surface area contributed by atoms with Crippen LogP contribution < -0.4 is 9.47 Å². The van der Waals surface area contributed by atoms with E-state index >= 15 is 0 Å². The van der Waals surface area contributed by atoms with Crippen molar-refractivity contribution >= 4 is 12.6 Å². The zero-order valence-corrected chi connectivity index (χ0v) is 20.0. The highest BCUT2D eigenvalue weighted by Crippen LogP contribution is 2.20. The first-order valence-electron chi connectivity index (χ1n) is 11.1. The number of unbranched alkanes of at least 4 members (excludes halogenated alkanes) is 1. The van der Waals surface area contributed by atoms with E-state index < -0.39 is 5.95 Å². The Hall–Kier alpha value is -3.48. The predicted molar refractivity (Wildman–Crippen MR) is 129 cm³/mol. The van der Waals surface area contributed by atoms with Crippen LogP contribution in [0.4, 0.5) is 0 Å². The number of hydrogen-bond donors (Lipinski definition) is 1. The molecule has 0 saturated carbocycles. The Labute approximate surface area is 196 Å². The van der Waals surface area contributed by atoms with Crippen molar-refractivity contribution in [1.29, 1.82) is 0 Å². The van der Waals surface area contributed by atoms with Crippen LogP contribution in [-0.4, -0.2) is 54.6 Å². The summed E-state index contributed by atoms with van der Waals surface area (Å²) in [6.07, 6.45) is 1.76. The summed E-state index contributed by atoms with van der Waals surface area (Å²) in [5, 5.41) is 10.6. The molecular weight excluding hydrogens is 420 g/mol. The van der Waals surface area contributed by atoms with Gasteiger partial charge >= 0.3 is 17.5 Å². The van der Waals surface area contributed by atoms with Crippen molar-refractivity contribution < 1.29 is 28.7 Å². The average molecular weight is 456 g/mol. The van der Waals surface area contributed by atoms with E-state index in [1.807, 2.05) is 48.5 Å². The first-order valence-corrected chi connectivity index (χ1v) is 11.1. The molecule has 1 N–H and O–H groups in total. The number of ether oxygens (including phenoxy) is 3. The Balaban J connectivity index is 2.40. The summed E-state index contributed by atoms with van der Waals surface area (Å²) < 4.78 is 17.3. The predicted octanol–water partition coefficient (Wildman–Crippen LogP) is 4.51. The van der Waals surface area contributed by atoms with Gasteiger partial charge in [-0.25, -0.2) is 0 Å². The van der Waals surface area contributed by atoms with Crippen molar-refractivity contribution in [3.05, 3.63) is 71.3 Å². The molecule has 0 radical (unpaired) electrons. The van der Waals surface area contributed by atoms with Crippen LogP contribution in [0.5, 0.6) is 11.5 Å². The number of hydrogen-bond acceptors (Lipinski definition) is 5. The fourth-order valence-corrected chi connectivity index (χ4v) is 3.28. The molecule has 1 amide bonds. The summed E-state index contributed by atoms with van der Waals surface area (Å²) in [7, 11) is 3.22. The summed E-state index contributed by atoms with van der Waals surface area (Å²) in [6.45, 7) is 9.23. The highest BCUT2D eigenvalue weighted by atomic mass is 16.6. The minimum atomic E-state index is -0.414. The lowest BCUT2D eigenvalue weighted by molar-refractivity contribution is -0.468. The number of aliphatic hydroxyl groups excluding tert-OH is 1. The molecule has 2 rings (SSSR count). The highest BCUT2D eigenvalue weighted by molar-refractivity contribution is 5.91. The van der Waals surface area contributed by atoms with Crippen molar-refractivity contribution in [3.63, 3.8) is 0 Å². The molecule has 0 aromatic heterocycles. The number of nitrogens with zero attached hydrogens (tertiary/aromatic N) is 2. The van der Waals surface area contributed by atoms with Crippen molar-refractivity contribution in [2.45, 2.75) is 39.8 Å². The number of carbonyl (C=O) groups is 1. The van der Waals surface area contributed by atoms with Crippen molar-refractivity contribution in [1.82, 2.24) is 4.90 Å². The lowest BCUT2D eigenvalue weighted by atomic mass is 10.1. The van der Waals surface area contributed by atoms with Crippen LogP contribution in [0.25, 0.3) is 0 Å². The molecule has 0 aliphatic carbocycles. The lowest BCUT2D eigenvalue weighted by Crippen LogP contribution is -2.36. The number of amides is 1. The SMILES string of the molecule is C=[N+](CCCC)/C(C(=O)N(Cc1ccc(OC)cc1)Cc1ccc(OC)cc1)=C(/O)OCC. The summed E-state index contributed by atoms with van der Waals surface area (Å²) in [6, 6.07) is 15.1. The van der Waals surface area contributed by atoms with Crippen LogP contribution in [-0.2, 0) is 22.6 Å². The topological polar surface area (TPSA) is 71.2 Å². The second-order valence-corrected chi connectivity index (χ2v) is 7.56. The zero-order chi connectivity index (χ0) is 24.2.